The predicted octanol–water partition coefficient (Wildman–Crippen LogP) is 3.96. The lowest BCUT2D eigenvalue weighted by molar-refractivity contribution is -0.121. The highest BCUT2D eigenvalue weighted by Crippen LogP contribution is 2.33. The highest BCUT2D eigenvalue weighted by Gasteiger charge is 2.30. The first-order valence-corrected chi connectivity index (χ1v) is 8.51. The molecule has 0 unspecified atom stereocenters. The van der Waals surface area contributed by atoms with Crippen molar-refractivity contribution in [3.63, 3.8) is 0 Å². The van der Waals surface area contributed by atoms with E-state index in [9.17, 15) is 9.18 Å². The first-order chi connectivity index (χ1) is 12.6. The van der Waals surface area contributed by atoms with Gasteiger partial charge in [-0.05, 0) is 47.7 Å². The van der Waals surface area contributed by atoms with Crippen LogP contribution in [0, 0.1) is 17.1 Å². The van der Waals surface area contributed by atoms with Gasteiger partial charge in [0.15, 0.2) is 11.8 Å². The topological polar surface area (TPSA) is 65.7 Å². The van der Waals surface area contributed by atoms with Gasteiger partial charge in [0.2, 0.25) is 0 Å². The Hall–Kier alpha value is -3.11. The summed E-state index contributed by atoms with van der Waals surface area (Å²) in [7, 11) is 1.60. The summed E-state index contributed by atoms with van der Waals surface area (Å²) in [5, 5.41) is 8.99. The third kappa shape index (κ3) is 3.92. The number of amides is 1. The largest absolute Gasteiger partial charge is 0.479 e. The van der Waals surface area contributed by atoms with Crippen molar-refractivity contribution in [3.8, 4) is 11.8 Å². The van der Waals surface area contributed by atoms with E-state index >= 15 is 0 Å². The zero-order chi connectivity index (χ0) is 18.5. The second kappa shape index (κ2) is 7.85. The van der Waals surface area contributed by atoms with Crippen molar-refractivity contribution in [1.29, 1.82) is 5.26 Å². The number of hydrogen-bond acceptors (Lipinski definition) is 5. The minimum absolute atomic E-state index is 0.0457. The van der Waals surface area contributed by atoms with Crippen molar-refractivity contribution in [2.45, 2.75) is 0 Å². The number of rotatable bonds is 4. The number of halogens is 1. The van der Waals surface area contributed by atoms with E-state index in [2.05, 4.69) is 4.99 Å². The van der Waals surface area contributed by atoms with Crippen LogP contribution in [-0.4, -0.2) is 29.6 Å². The standard InChI is InChI=1S/C19H14FN3O2S/c1-23-18(24)17(12-13-5-4-6-14(11-13)25-10-9-21)26-19(23)22-16-8-3-2-7-15(16)20/h2-8,11-12H,10H2,1H3/b17-12+,22-19?. The van der Waals surface area contributed by atoms with E-state index < -0.39 is 5.82 Å². The second-order valence-electron chi connectivity index (χ2n) is 5.34. The van der Waals surface area contributed by atoms with Crippen LogP contribution >= 0.6 is 11.8 Å². The highest BCUT2D eigenvalue weighted by atomic mass is 32.2. The Morgan fingerprint density at radius 3 is 2.88 bits per heavy atom. The van der Waals surface area contributed by atoms with Crippen molar-refractivity contribution < 1.29 is 13.9 Å². The molecule has 0 atom stereocenters. The van der Waals surface area contributed by atoms with E-state index in [1.165, 1.54) is 22.7 Å². The lowest BCUT2D eigenvalue weighted by Gasteiger charge is -2.07. The van der Waals surface area contributed by atoms with Crippen LogP contribution in [-0.2, 0) is 4.79 Å². The van der Waals surface area contributed by atoms with Crippen molar-refractivity contribution in [3.05, 3.63) is 64.8 Å². The molecular formula is C19H14FN3O2S. The number of carbonyl (C=O) groups excluding carboxylic acids is 1. The molecule has 0 aromatic heterocycles. The van der Waals surface area contributed by atoms with E-state index in [1.807, 2.05) is 12.1 Å². The fraction of sp³-hybridized carbons (Fsp3) is 0.105. The monoisotopic (exact) mass is 367 g/mol. The van der Waals surface area contributed by atoms with Crippen LogP contribution in [0.5, 0.6) is 5.75 Å². The van der Waals surface area contributed by atoms with Gasteiger partial charge in [-0.2, -0.15) is 5.26 Å². The van der Waals surface area contributed by atoms with E-state index in [1.54, 1.807) is 49.5 Å². The van der Waals surface area contributed by atoms with Crippen LogP contribution in [0.4, 0.5) is 10.1 Å². The van der Waals surface area contributed by atoms with Gasteiger partial charge >= 0.3 is 0 Å². The number of hydrogen-bond donors (Lipinski definition) is 0. The number of aliphatic imine (C=N–C) groups is 1. The Balaban J connectivity index is 1.86. The van der Waals surface area contributed by atoms with Gasteiger partial charge in [0, 0.05) is 7.05 Å². The molecule has 0 bridgehead atoms. The van der Waals surface area contributed by atoms with E-state index in [4.69, 9.17) is 10.00 Å². The Bertz CT molecular complexity index is 950. The molecule has 1 amide bonds. The number of nitriles is 1. The molecule has 2 aromatic carbocycles. The van der Waals surface area contributed by atoms with Crippen LogP contribution in [0.25, 0.3) is 6.08 Å². The zero-order valence-corrected chi connectivity index (χ0v) is 14.7. The number of para-hydroxylation sites is 1. The van der Waals surface area contributed by atoms with Crippen molar-refractivity contribution in [1.82, 2.24) is 4.90 Å². The lowest BCUT2D eigenvalue weighted by atomic mass is 10.2. The maximum absolute atomic E-state index is 13.8. The fourth-order valence-corrected chi connectivity index (χ4v) is 3.24. The smallest absolute Gasteiger partial charge is 0.266 e. The summed E-state index contributed by atoms with van der Waals surface area (Å²) in [5.74, 6) is -0.111. The van der Waals surface area contributed by atoms with Gasteiger partial charge in [-0.3, -0.25) is 9.69 Å². The van der Waals surface area contributed by atoms with Gasteiger partial charge in [0.05, 0.1) is 4.91 Å². The van der Waals surface area contributed by atoms with Gasteiger partial charge in [-0.1, -0.05) is 24.3 Å². The third-order valence-corrected chi connectivity index (χ3v) is 4.59. The van der Waals surface area contributed by atoms with Crippen LogP contribution in [0.2, 0.25) is 0 Å². The first kappa shape index (κ1) is 17.7. The molecule has 1 heterocycles. The number of carbonyl (C=O) groups is 1. The second-order valence-corrected chi connectivity index (χ2v) is 6.35. The molecule has 1 fully saturated rings. The van der Waals surface area contributed by atoms with Crippen LogP contribution in [0.3, 0.4) is 0 Å². The molecule has 7 heteroatoms. The minimum Gasteiger partial charge on any atom is -0.479 e. The zero-order valence-electron chi connectivity index (χ0n) is 13.8. The number of likely N-dealkylation sites (N-methyl/N-ethyl adjacent to an activating group) is 1. The normalized spacial score (nSPS) is 17.0. The Kier molecular flexibility index (Phi) is 5.34. The van der Waals surface area contributed by atoms with Crippen LogP contribution < -0.4 is 4.74 Å². The summed E-state index contributed by atoms with van der Waals surface area (Å²) in [4.78, 5) is 18.5. The summed E-state index contributed by atoms with van der Waals surface area (Å²) in [5.41, 5.74) is 0.944. The Labute approximate surface area is 154 Å². The summed E-state index contributed by atoms with van der Waals surface area (Å²) in [6, 6.07) is 15.1. The molecule has 0 spiro atoms. The number of nitrogens with zero attached hydrogens (tertiary/aromatic N) is 3. The van der Waals surface area contributed by atoms with E-state index in [0.717, 1.165) is 5.56 Å². The van der Waals surface area contributed by atoms with Crippen LogP contribution in [0.15, 0.2) is 58.4 Å². The quantitative estimate of drug-likeness (QED) is 0.767. The molecule has 1 saturated heterocycles. The van der Waals surface area contributed by atoms with Gasteiger partial charge in [-0.25, -0.2) is 9.38 Å². The van der Waals surface area contributed by atoms with Crippen molar-refractivity contribution >= 4 is 34.6 Å². The van der Waals surface area contributed by atoms with Gasteiger partial charge in [0.1, 0.15) is 23.3 Å². The number of ether oxygens (including phenoxy) is 1. The summed E-state index contributed by atoms with van der Waals surface area (Å²) in [6.45, 7) is -0.0457. The molecule has 1 aliphatic rings. The van der Waals surface area contributed by atoms with Crippen LogP contribution in [0.1, 0.15) is 5.56 Å². The molecule has 0 aliphatic carbocycles. The van der Waals surface area contributed by atoms with Crippen molar-refractivity contribution in [2.24, 2.45) is 4.99 Å². The maximum atomic E-state index is 13.8. The van der Waals surface area contributed by atoms with Gasteiger partial charge in [0.25, 0.3) is 5.91 Å². The minimum atomic E-state index is -0.443. The predicted molar refractivity (Wildman–Crippen MR) is 99.4 cm³/mol. The van der Waals surface area contributed by atoms with E-state index in [0.29, 0.717) is 15.8 Å². The number of thioether (sulfide) groups is 1. The molecule has 0 saturated carbocycles. The fourth-order valence-electron chi connectivity index (χ4n) is 2.26. The Morgan fingerprint density at radius 2 is 2.12 bits per heavy atom. The Morgan fingerprint density at radius 1 is 1.31 bits per heavy atom. The summed E-state index contributed by atoms with van der Waals surface area (Å²) < 4.78 is 19.0. The molecule has 0 radical (unpaired) electrons. The molecule has 26 heavy (non-hydrogen) atoms. The van der Waals surface area contributed by atoms with Gasteiger partial charge < -0.3 is 4.74 Å². The van der Waals surface area contributed by atoms with E-state index in [-0.39, 0.29) is 18.2 Å². The first-order valence-electron chi connectivity index (χ1n) is 7.69. The number of amidine groups is 1. The van der Waals surface area contributed by atoms with Gasteiger partial charge in [-0.15, -0.1) is 0 Å². The molecule has 2 aromatic rings. The molecule has 0 N–H and O–H groups in total. The average Bonchev–Trinajstić information content (AvgIpc) is 2.90. The van der Waals surface area contributed by atoms with Crippen molar-refractivity contribution in [2.75, 3.05) is 13.7 Å². The number of benzene rings is 2. The molecule has 5 nitrogen and oxygen atoms in total. The third-order valence-electron chi connectivity index (χ3n) is 3.53. The SMILES string of the molecule is CN1C(=O)/C(=C\c2cccc(OCC#N)c2)SC1=Nc1ccccc1F. The maximum Gasteiger partial charge on any atom is 0.266 e. The summed E-state index contributed by atoms with van der Waals surface area (Å²) >= 11 is 1.18. The lowest BCUT2D eigenvalue weighted by Crippen LogP contribution is -2.23. The molecule has 3 rings (SSSR count). The highest BCUT2D eigenvalue weighted by molar-refractivity contribution is 8.18. The molecule has 1 aliphatic heterocycles. The molecule has 130 valence electrons. The summed E-state index contributed by atoms with van der Waals surface area (Å²) in [6.07, 6.45) is 1.71. The average molecular weight is 367 g/mol. The molecular weight excluding hydrogens is 353 g/mol.